The monoisotopic (exact) mass is 321 g/mol. The van der Waals surface area contributed by atoms with E-state index in [4.69, 9.17) is 5.26 Å². The smallest absolute Gasteiger partial charge is 0.186 e. The highest BCUT2D eigenvalue weighted by Crippen LogP contribution is 2.22. The van der Waals surface area contributed by atoms with E-state index in [1.807, 2.05) is 25.2 Å². The van der Waals surface area contributed by atoms with E-state index < -0.39 is 0 Å². The van der Waals surface area contributed by atoms with E-state index in [9.17, 15) is 0 Å². The largest absolute Gasteiger partial charge is 0.351 e. The van der Waals surface area contributed by atoms with Gasteiger partial charge in [0.1, 0.15) is 10.9 Å². The number of likely N-dealkylation sites (N-methyl/N-ethyl adjacent to an activating group) is 1. The van der Waals surface area contributed by atoms with Gasteiger partial charge in [0.15, 0.2) is 5.13 Å². The number of anilines is 1. The maximum absolute atomic E-state index is 8.77. The van der Waals surface area contributed by atoms with Crippen molar-refractivity contribution in [3.8, 4) is 6.07 Å². The average molecular weight is 322 g/mol. The Kier molecular flexibility index (Phi) is 4.34. The molecule has 0 N–H and O–H groups in total. The van der Waals surface area contributed by atoms with Gasteiger partial charge in [-0.2, -0.15) is 5.26 Å². The molecule has 1 heterocycles. The minimum absolute atomic E-state index is 0.651. The summed E-state index contributed by atoms with van der Waals surface area (Å²) in [5, 5.41) is 9.66. The van der Waals surface area contributed by atoms with Gasteiger partial charge in [-0.05, 0) is 18.1 Å². The van der Waals surface area contributed by atoms with E-state index in [2.05, 4.69) is 37.9 Å². The maximum atomic E-state index is 8.77. The number of aromatic nitrogens is 1. The van der Waals surface area contributed by atoms with E-state index in [0.717, 1.165) is 22.6 Å². The molecule has 1 aromatic carbocycles. The molecule has 18 heavy (non-hydrogen) atoms. The summed E-state index contributed by atoms with van der Waals surface area (Å²) >= 11 is 4.97. The molecule has 0 aliphatic carbocycles. The SMILES string of the molecule is CN(CCc1ccccc1Br)c1ncc(C#N)s1. The second kappa shape index (κ2) is 5.98. The van der Waals surface area contributed by atoms with Crippen LogP contribution in [0.3, 0.4) is 0 Å². The highest BCUT2D eigenvalue weighted by atomic mass is 79.9. The lowest BCUT2D eigenvalue weighted by Crippen LogP contribution is -2.20. The van der Waals surface area contributed by atoms with E-state index in [1.54, 1.807) is 6.20 Å². The fourth-order valence-electron chi connectivity index (χ4n) is 1.58. The first kappa shape index (κ1) is 13.1. The molecular weight excluding hydrogens is 310 g/mol. The summed E-state index contributed by atoms with van der Waals surface area (Å²) in [6.07, 6.45) is 2.56. The number of benzene rings is 1. The third-order valence-corrected chi connectivity index (χ3v) is 4.39. The normalized spacial score (nSPS) is 10.1. The van der Waals surface area contributed by atoms with Crippen LogP contribution >= 0.6 is 27.3 Å². The molecule has 0 atom stereocenters. The number of rotatable bonds is 4. The van der Waals surface area contributed by atoms with Crippen molar-refractivity contribution in [2.75, 3.05) is 18.5 Å². The number of nitrogens with zero attached hydrogens (tertiary/aromatic N) is 3. The van der Waals surface area contributed by atoms with E-state index in [0.29, 0.717) is 4.88 Å². The molecule has 0 saturated heterocycles. The number of thiazole rings is 1. The molecule has 0 bridgehead atoms. The third-order valence-electron chi connectivity index (χ3n) is 2.60. The second-order valence-electron chi connectivity index (χ2n) is 3.88. The van der Waals surface area contributed by atoms with E-state index >= 15 is 0 Å². The van der Waals surface area contributed by atoms with Crippen LogP contribution in [0.15, 0.2) is 34.9 Å². The molecule has 2 aromatic rings. The van der Waals surface area contributed by atoms with Gasteiger partial charge in [0.2, 0.25) is 0 Å². The molecule has 2 rings (SSSR count). The van der Waals surface area contributed by atoms with Crippen LogP contribution < -0.4 is 4.90 Å². The summed E-state index contributed by atoms with van der Waals surface area (Å²) in [6, 6.07) is 10.3. The molecule has 0 amide bonds. The minimum atomic E-state index is 0.651. The Bertz CT molecular complexity index is 574. The first-order chi connectivity index (χ1) is 8.70. The molecule has 5 heteroatoms. The minimum Gasteiger partial charge on any atom is -0.351 e. The van der Waals surface area contributed by atoms with Gasteiger partial charge in [0.25, 0.3) is 0 Å². The second-order valence-corrected chi connectivity index (χ2v) is 5.75. The molecule has 0 spiro atoms. The van der Waals surface area contributed by atoms with Crippen LogP contribution in [0.5, 0.6) is 0 Å². The lowest BCUT2D eigenvalue weighted by atomic mass is 10.1. The molecule has 0 aliphatic heterocycles. The summed E-state index contributed by atoms with van der Waals surface area (Å²) in [5.41, 5.74) is 1.28. The summed E-state index contributed by atoms with van der Waals surface area (Å²) in [5.74, 6) is 0. The molecule has 0 unspecified atom stereocenters. The zero-order valence-corrected chi connectivity index (χ0v) is 12.3. The van der Waals surface area contributed by atoms with Crippen LogP contribution in [0.25, 0.3) is 0 Å². The fourth-order valence-corrected chi connectivity index (χ4v) is 2.76. The van der Waals surface area contributed by atoms with Crippen molar-refractivity contribution < 1.29 is 0 Å². The van der Waals surface area contributed by atoms with Gasteiger partial charge in [-0.3, -0.25) is 0 Å². The van der Waals surface area contributed by atoms with E-state index in [1.165, 1.54) is 16.9 Å². The standard InChI is InChI=1S/C13H12BrN3S/c1-17(13-16-9-11(8-15)18-13)7-6-10-4-2-3-5-12(10)14/h2-5,9H,6-7H2,1H3. The number of hydrogen-bond acceptors (Lipinski definition) is 4. The molecule has 0 radical (unpaired) electrons. The zero-order valence-electron chi connectivity index (χ0n) is 9.93. The van der Waals surface area contributed by atoms with Crippen LogP contribution in [0.4, 0.5) is 5.13 Å². The summed E-state index contributed by atoms with van der Waals surface area (Å²) in [6.45, 7) is 0.876. The Morgan fingerprint density at radius 3 is 2.89 bits per heavy atom. The topological polar surface area (TPSA) is 39.9 Å². The molecular formula is C13H12BrN3S. The van der Waals surface area contributed by atoms with Gasteiger partial charge < -0.3 is 4.90 Å². The van der Waals surface area contributed by atoms with Gasteiger partial charge in [-0.1, -0.05) is 45.5 Å². The van der Waals surface area contributed by atoms with Crippen LogP contribution in [0.1, 0.15) is 10.4 Å². The van der Waals surface area contributed by atoms with Gasteiger partial charge >= 0.3 is 0 Å². The summed E-state index contributed by atoms with van der Waals surface area (Å²) in [7, 11) is 2.00. The average Bonchev–Trinajstić information content (AvgIpc) is 2.86. The van der Waals surface area contributed by atoms with Crippen molar-refractivity contribution in [3.05, 3.63) is 45.4 Å². The van der Waals surface area contributed by atoms with Gasteiger partial charge in [0, 0.05) is 18.1 Å². The van der Waals surface area contributed by atoms with Crippen LogP contribution in [-0.2, 0) is 6.42 Å². The van der Waals surface area contributed by atoms with Crippen molar-refractivity contribution in [2.45, 2.75) is 6.42 Å². The van der Waals surface area contributed by atoms with Crippen molar-refractivity contribution in [2.24, 2.45) is 0 Å². The predicted molar refractivity (Wildman–Crippen MR) is 77.9 cm³/mol. The van der Waals surface area contributed by atoms with Crippen molar-refractivity contribution in [1.82, 2.24) is 4.98 Å². The Morgan fingerprint density at radius 2 is 2.22 bits per heavy atom. The highest BCUT2D eigenvalue weighted by molar-refractivity contribution is 9.10. The van der Waals surface area contributed by atoms with Crippen molar-refractivity contribution >= 4 is 32.4 Å². The number of halogens is 1. The van der Waals surface area contributed by atoms with E-state index in [-0.39, 0.29) is 0 Å². The fraction of sp³-hybridized carbons (Fsp3) is 0.231. The number of hydrogen-bond donors (Lipinski definition) is 0. The first-order valence-corrected chi connectivity index (χ1v) is 7.12. The van der Waals surface area contributed by atoms with Gasteiger partial charge in [0.05, 0.1) is 6.20 Å². The van der Waals surface area contributed by atoms with Crippen LogP contribution in [-0.4, -0.2) is 18.6 Å². The van der Waals surface area contributed by atoms with Gasteiger partial charge in [-0.15, -0.1) is 0 Å². The Labute approximate surface area is 119 Å². The maximum Gasteiger partial charge on any atom is 0.186 e. The molecule has 1 aromatic heterocycles. The summed E-state index contributed by atoms with van der Waals surface area (Å²) < 4.78 is 1.13. The Balaban J connectivity index is 1.98. The lowest BCUT2D eigenvalue weighted by Gasteiger charge is -2.15. The Hall–Kier alpha value is -1.38. The predicted octanol–water partition coefficient (Wildman–Crippen LogP) is 3.46. The lowest BCUT2D eigenvalue weighted by molar-refractivity contribution is 0.869. The highest BCUT2D eigenvalue weighted by Gasteiger charge is 2.07. The summed E-state index contributed by atoms with van der Waals surface area (Å²) in [4.78, 5) is 6.96. The molecule has 92 valence electrons. The number of nitriles is 1. The zero-order chi connectivity index (χ0) is 13.0. The molecule has 3 nitrogen and oxygen atoms in total. The Morgan fingerprint density at radius 1 is 1.44 bits per heavy atom. The van der Waals surface area contributed by atoms with Crippen LogP contribution in [0, 0.1) is 11.3 Å². The van der Waals surface area contributed by atoms with Crippen molar-refractivity contribution in [1.29, 1.82) is 5.26 Å². The van der Waals surface area contributed by atoms with Crippen molar-refractivity contribution in [3.63, 3.8) is 0 Å². The van der Waals surface area contributed by atoms with Crippen LogP contribution in [0.2, 0.25) is 0 Å². The van der Waals surface area contributed by atoms with Gasteiger partial charge in [-0.25, -0.2) is 4.98 Å². The first-order valence-electron chi connectivity index (χ1n) is 5.51. The molecule has 0 aliphatic rings. The molecule has 0 fully saturated rings. The molecule has 0 saturated carbocycles. The quantitative estimate of drug-likeness (QED) is 0.865. The third kappa shape index (κ3) is 3.09.